The van der Waals surface area contributed by atoms with Crippen molar-refractivity contribution >= 4 is 17.5 Å². The van der Waals surface area contributed by atoms with Gasteiger partial charge in [0.1, 0.15) is 23.9 Å². The van der Waals surface area contributed by atoms with Crippen molar-refractivity contribution in [3.8, 4) is 0 Å². The molecule has 0 unspecified atom stereocenters. The van der Waals surface area contributed by atoms with E-state index in [0.717, 1.165) is 6.42 Å². The summed E-state index contributed by atoms with van der Waals surface area (Å²) in [4.78, 5) is 27.2. The zero-order valence-corrected chi connectivity index (χ0v) is 15.3. The Kier molecular flexibility index (Phi) is 4.75. The number of carbonyl (C=O) groups is 1. The van der Waals surface area contributed by atoms with Crippen LogP contribution in [0.3, 0.4) is 0 Å². The molecule has 144 valence electrons. The molecule has 1 aromatic carbocycles. The highest BCUT2D eigenvalue weighted by atomic mass is 35.5. The third-order valence-electron chi connectivity index (χ3n) is 5.17. The van der Waals surface area contributed by atoms with E-state index in [9.17, 15) is 18.4 Å². The van der Waals surface area contributed by atoms with Crippen LogP contribution in [0, 0.1) is 5.82 Å². The van der Waals surface area contributed by atoms with Gasteiger partial charge in [-0.25, -0.2) is 18.3 Å². The molecule has 0 N–H and O–H groups in total. The summed E-state index contributed by atoms with van der Waals surface area (Å²) in [5.74, 6) is -0.198. The van der Waals surface area contributed by atoms with E-state index in [2.05, 4.69) is 5.10 Å². The Balaban J connectivity index is 1.62. The number of fused-ring (bicyclic) bond motifs is 1. The van der Waals surface area contributed by atoms with Gasteiger partial charge in [-0.3, -0.25) is 9.36 Å². The first-order valence-electron chi connectivity index (χ1n) is 8.99. The van der Waals surface area contributed by atoms with Gasteiger partial charge in [0.25, 0.3) is 0 Å². The lowest BCUT2D eigenvalue weighted by molar-refractivity contribution is -0.134. The summed E-state index contributed by atoms with van der Waals surface area (Å²) in [5.41, 5.74) is 0.251. The number of rotatable bonds is 3. The first kappa shape index (κ1) is 18.2. The summed E-state index contributed by atoms with van der Waals surface area (Å²) in [6, 6.07) is 3.60. The third kappa shape index (κ3) is 3.38. The van der Waals surface area contributed by atoms with Gasteiger partial charge in [-0.05, 0) is 37.0 Å². The van der Waals surface area contributed by atoms with Crippen LogP contribution in [0.1, 0.15) is 36.7 Å². The summed E-state index contributed by atoms with van der Waals surface area (Å²) in [6.07, 6.45) is 1.21. The first-order valence-corrected chi connectivity index (χ1v) is 9.37. The van der Waals surface area contributed by atoms with Gasteiger partial charge < -0.3 is 4.90 Å². The smallest absolute Gasteiger partial charge is 0.338 e. The number of hydrogen-bond acceptors (Lipinski definition) is 3. The van der Waals surface area contributed by atoms with Gasteiger partial charge in [0.2, 0.25) is 5.91 Å². The Morgan fingerprint density at radius 1 is 1.33 bits per heavy atom. The zero-order valence-electron chi connectivity index (χ0n) is 14.6. The van der Waals surface area contributed by atoms with Crippen LogP contribution in [0.4, 0.5) is 8.78 Å². The van der Waals surface area contributed by atoms with Crippen LogP contribution < -0.4 is 5.69 Å². The lowest BCUT2D eigenvalue weighted by Crippen LogP contribution is -2.41. The van der Waals surface area contributed by atoms with Crippen molar-refractivity contribution in [1.29, 1.82) is 0 Å². The molecule has 0 aliphatic carbocycles. The molecule has 1 aromatic heterocycles. The summed E-state index contributed by atoms with van der Waals surface area (Å²) in [7, 11) is 0. The average molecular weight is 397 g/mol. The largest absolute Gasteiger partial charge is 0.346 e. The number of likely N-dealkylation sites (tertiary alicyclic amines) is 1. The average Bonchev–Trinajstić information content (AvgIpc) is 3.21. The molecule has 0 saturated carbocycles. The lowest BCUT2D eigenvalue weighted by Gasteiger charge is -2.26. The maximum Gasteiger partial charge on any atom is 0.346 e. The Labute approximate surface area is 159 Å². The normalized spacial score (nSPS) is 22.1. The van der Waals surface area contributed by atoms with Gasteiger partial charge in [0.15, 0.2) is 0 Å². The van der Waals surface area contributed by atoms with Crippen molar-refractivity contribution in [3.05, 3.63) is 50.9 Å². The molecule has 27 heavy (non-hydrogen) atoms. The van der Waals surface area contributed by atoms with Crippen molar-refractivity contribution in [2.75, 3.05) is 13.1 Å². The van der Waals surface area contributed by atoms with Crippen LogP contribution in [-0.4, -0.2) is 44.4 Å². The highest BCUT2D eigenvalue weighted by molar-refractivity contribution is 6.30. The van der Waals surface area contributed by atoms with Gasteiger partial charge in [0, 0.05) is 13.0 Å². The predicted octanol–water partition coefficient (Wildman–Crippen LogP) is 2.33. The van der Waals surface area contributed by atoms with Crippen LogP contribution in [0.2, 0.25) is 5.02 Å². The summed E-state index contributed by atoms with van der Waals surface area (Å²) in [6.45, 7) is 0.598. The maximum atomic E-state index is 13.5. The van der Waals surface area contributed by atoms with Crippen molar-refractivity contribution in [1.82, 2.24) is 19.2 Å². The lowest BCUT2D eigenvalue weighted by atomic mass is 10.0. The van der Waals surface area contributed by atoms with E-state index in [1.807, 2.05) is 0 Å². The second kappa shape index (κ2) is 7.07. The Morgan fingerprint density at radius 2 is 2.15 bits per heavy atom. The second-order valence-corrected chi connectivity index (χ2v) is 7.46. The topological polar surface area (TPSA) is 60.1 Å². The van der Waals surface area contributed by atoms with E-state index < -0.39 is 18.0 Å². The van der Waals surface area contributed by atoms with Crippen molar-refractivity contribution in [3.63, 3.8) is 0 Å². The molecular weight excluding hydrogens is 378 g/mol. The third-order valence-corrected chi connectivity index (χ3v) is 5.46. The van der Waals surface area contributed by atoms with Crippen molar-refractivity contribution in [2.45, 2.75) is 44.4 Å². The summed E-state index contributed by atoms with van der Waals surface area (Å²) in [5, 5.41) is 4.34. The number of carbonyl (C=O) groups excluding carboxylic acids is 1. The van der Waals surface area contributed by atoms with Crippen LogP contribution in [0.5, 0.6) is 0 Å². The van der Waals surface area contributed by atoms with Gasteiger partial charge in [-0.1, -0.05) is 17.7 Å². The number of hydrogen-bond donors (Lipinski definition) is 0. The minimum Gasteiger partial charge on any atom is -0.338 e. The Bertz CT molecular complexity index is 942. The number of aryl methyl sites for hydroxylation is 1. The van der Waals surface area contributed by atoms with E-state index in [0.29, 0.717) is 37.2 Å². The number of benzene rings is 1. The van der Waals surface area contributed by atoms with E-state index in [-0.39, 0.29) is 29.7 Å². The fraction of sp³-hybridized carbons (Fsp3) is 0.500. The van der Waals surface area contributed by atoms with E-state index in [1.165, 1.54) is 26.3 Å². The van der Waals surface area contributed by atoms with Gasteiger partial charge in [-0.15, -0.1) is 0 Å². The highest BCUT2D eigenvalue weighted by Crippen LogP contribution is 2.26. The molecule has 9 heteroatoms. The molecule has 2 aromatic rings. The zero-order chi connectivity index (χ0) is 19.1. The maximum absolute atomic E-state index is 13.5. The predicted molar refractivity (Wildman–Crippen MR) is 95.1 cm³/mol. The number of amides is 1. The summed E-state index contributed by atoms with van der Waals surface area (Å²) >= 11 is 5.80. The molecule has 2 atom stereocenters. The molecule has 1 amide bonds. The molecule has 1 fully saturated rings. The standard InChI is InChI=1S/C18H19ClF2N4O2/c19-13-8-11(4-5-14(13)21)9-24-18(27)25-15(2-1-3-16(25)22-24)17(26)23-7-6-12(20)10-23/h4-5,8,12,15H,1-3,6-7,9-10H2/t12-,15-/m0/s1. The Hall–Kier alpha value is -2.22. The first-order chi connectivity index (χ1) is 12.9. The van der Waals surface area contributed by atoms with Crippen LogP contribution in [0.15, 0.2) is 23.0 Å². The molecule has 0 spiro atoms. The van der Waals surface area contributed by atoms with Gasteiger partial charge in [-0.2, -0.15) is 5.10 Å². The monoisotopic (exact) mass is 396 g/mol. The molecule has 1 saturated heterocycles. The van der Waals surface area contributed by atoms with Crippen LogP contribution >= 0.6 is 11.6 Å². The van der Waals surface area contributed by atoms with E-state index >= 15 is 0 Å². The van der Waals surface area contributed by atoms with Crippen LogP contribution in [-0.2, 0) is 17.8 Å². The minimum atomic E-state index is -1.00. The molecule has 3 heterocycles. The van der Waals surface area contributed by atoms with Gasteiger partial charge in [0.05, 0.1) is 18.1 Å². The van der Waals surface area contributed by atoms with Crippen LogP contribution in [0.25, 0.3) is 0 Å². The molecule has 4 rings (SSSR count). The Morgan fingerprint density at radius 3 is 2.85 bits per heavy atom. The SMILES string of the molecule is O=C([C@@H]1CCCc2nn(Cc3ccc(F)c(Cl)c3)c(=O)n21)N1CC[C@H](F)C1. The number of aromatic nitrogens is 3. The molecule has 0 bridgehead atoms. The number of nitrogens with zero attached hydrogens (tertiary/aromatic N) is 4. The quantitative estimate of drug-likeness (QED) is 0.800. The molecule has 2 aliphatic heterocycles. The molecular formula is C18H19ClF2N4O2. The van der Waals surface area contributed by atoms with Crippen molar-refractivity contribution < 1.29 is 13.6 Å². The fourth-order valence-corrected chi connectivity index (χ4v) is 4.01. The number of halogens is 3. The molecule has 2 aliphatic rings. The van der Waals surface area contributed by atoms with E-state index in [1.54, 1.807) is 6.07 Å². The fourth-order valence-electron chi connectivity index (χ4n) is 3.81. The highest BCUT2D eigenvalue weighted by Gasteiger charge is 2.36. The van der Waals surface area contributed by atoms with E-state index in [4.69, 9.17) is 11.6 Å². The molecule has 0 radical (unpaired) electrons. The minimum absolute atomic E-state index is 0.0209. The number of alkyl halides is 1. The summed E-state index contributed by atoms with van der Waals surface area (Å²) < 4.78 is 29.5. The second-order valence-electron chi connectivity index (χ2n) is 7.05. The van der Waals surface area contributed by atoms with Crippen molar-refractivity contribution in [2.24, 2.45) is 0 Å². The van der Waals surface area contributed by atoms with Gasteiger partial charge >= 0.3 is 5.69 Å². The molecule has 6 nitrogen and oxygen atoms in total.